The Kier molecular flexibility index (Phi) is 2.69. The smallest absolute Gasteiger partial charge is 0.128 e. The maximum Gasteiger partial charge on any atom is 0.128 e. The Labute approximate surface area is 101 Å². The number of rotatable bonds is 4. The molecule has 3 rings (SSSR count). The first-order valence-electron chi connectivity index (χ1n) is 6.07. The molecule has 1 aromatic carbocycles. The topological polar surface area (TPSA) is 48.1 Å². The minimum absolute atomic E-state index is 0.168. The molecular weight excluding hydrogens is 212 g/mol. The van der Waals surface area contributed by atoms with Crippen molar-refractivity contribution in [1.29, 1.82) is 0 Å². The molecule has 17 heavy (non-hydrogen) atoms. The molecule has 1 heterocycles. The lowest BCUT2D eigenvalue weighted by Crippen LogP contribution is -2.29. The van der Waals surface area contributed by atoms with Gasteiger partial charge in [-0.1, -0.05) is 6.07 Å². The number of benzene rings is 1. The molecule has 2 aromatic rings. The highest BCUT2D eigenvalue weighted by Crippen LogP contribution is 2.32. The zero-order valence-electron chi connectivity index (χ0n) is 9.67. The van der Waals surface area contributed by atoms with Crippen LogP contribution in [0.15, 0.2) is 36.5 Å². The van der Waals surface area contributed by atoms with Gasteiger partial charge in [-0.15, -0.1) is 0 Å². The van der Waals surface area contributed by atoms with E-state index in [1.54, 1.807) is 6.20 Å². The highest BCUT2D eigenvalue weighted by atomic mass is 16.5. The molecule has 0 bridgehead atoms. The highest BCUT2D eigenvalue weighted by molar-refractivity contribution is 5.84. The predicted molar refractivity (Wildman–Crippen MR) is 67.9 cm³/mol. The number of hydrogen-bond donors (Lipinski definition) is 1. The molecule has 0 aliphatic heterocycles. The highest BCUT2D eigenvalue weighted by Gasteiger charge is 2.28. The van der Waals surface area contributed by atoms with Gasteiger partial charge in [0.15, 0.2) is 0 Å². The van der Waals surface area contributed by atoms with E-state index in [2.05, 4.69) is 4.98 Å². The summed E-state index contributed by atoms with van der Waals surface area (Å²) < 4.78 is 5.82. The molecule has 0 saturated heterocycles. The first kappa shape index (κ1) is 10.5. The number of pyridine rings is 1. The summed E-state index contributed by atoms with van der Waals surface area (Å²) in [5.74, 6) is 1.55. The van der Waals surface area contributed by atoms with Crippen LogP contribution in [0.1, 0.15) is 12.8 Å². The molecule has 1 fully saturated rings. The lowest BCUT2D eigenvalue weighted by atomic mass is 10.2. The van der Waals surface area contributed by atoms with Gasteiger partial charge in [-0.25, -0.2) is 0 Å². The molecular formula is C14H16N2O. The number of nitrogens with two attached hydrogens (primary N) is 1. The van der Waals surface area contributed by atoms with E-state index in [4.69, 9.17) is 10.5 Å². The van der Waals surface area contributed by atoms with Gasteiger partial charge in [0.05, 0.1) is 5.52 Å². The fourth-order valence-corrected chi connectivity index (χ4v) is 2.05. The summed E-state index contributed by atoms with van der Waals surface area (Å²) in [6.07, 6.45) is 4.30. The largest absolute Gasteiger partial charge is 0.491 e. The monoisotopic (exact) mass is 228 g/mol. The summed E-state index contributed by atoms with van der Waals surface area (Å²) >= 11 is 0. The third-order valence-electron chi connectivity index (χ3n) is 3.26. The van der Waals surface area contributed by atoms with E-state index in [1.807, 2.05) is 30.3 Å². The van der Waals surface area contributed by atoms with Gasteiger partial charge in [0, 0.05) is 17.6 Å². The van der Waals surface area contributed by atoms with Crippen molar-refractivity contribution >= 4 is 10.9 Å². The predicted octanol–water partition coefficient (Wildman–Crippen LogP) is 2.35. The fourth-order valence-electron chi connectivity index (χ4n) is 2.05. The van der Waals surface area contributed by atoms with Crippen LogP contribution in [0.2, 0.25) is 0 Å². The van der Waals surface area contributed by atoms with E-state index in [0.29, 0.717) is 12.5 Å². The molecule has 0 spiro atoms. The number of ether oxygens (including phenoxy) is 1. The fraction of sp³-hybridized carbons (Fsp3) is 0.357. The van der Waals surface area contributed by atoms with Crippen molar-refractivity contribution in [3.8, 4) is 5.75 Å². The average molecular weight is 228 g/mol. The number of fused-ring (bicyclic) bond motifs is 1. The molecule has 0 amide bonds. The van der Waals surface area contributed by atoms with Gasteiger partial charge >= 0.3 is 0 Å². The van der Waals surface area contributed by atoms with Crippen LogP contribution in [-0.4, -0.2) is 17.6 Å². The van der Waals surface area contributed by atoms with Crippen molar-refractivity contribution in [2.24, 2.45) is 11.7 Å². The summed E-state index contributed by atoms with van der Waals surface area (Å²) in [5, 5.41) is 1.05. The second-order valence-electron chi connectivity index (χ2n) is 4.64. The van der Waals surface area contributed by atoms with Crippen LogP contribution in [0.4, 0.5) is 0 Å². The summed E-state index contributed by atoms with van der Waals surface area (Å²) in [7, 11) is 0. The van der Waals surface area contributed by atoms with Crippen LogP contribution in [-0.2, 0) is 0 Å². The zero-order chi connectivity index (χ0) is 11.7. The first-order chi connectivity index (χ1) is 8.34. The van der Waals surface area contributed by atoms with E-state index in [-0.39, 0.29) is 6.04 Å². The van der Waals surface area contributed by atoms with E-state index in [0.717, 1.165) is 16.7 Å². The van der Waals surface area contributed by atoms with E-state index in [9.17, 15) is 0 Å². The third-order valence-corrected chi connectivity index (χ3v) is 3.26. The van der Waals surface area contributed by atoms with Gasteiger partial charge in [-0.3, -0.25) is 4.98 Å². The zero-order valence-corrected chi connectivity index (χ0v) is 9.67. The lowest BCUT2D eigenvalue weighted by molar-refractivity contribution is 0.279. The maximum absolute atomic E-state index is 6.03. The van der Waals surface area contributed by atoms with Crippen molar-refractivity contribution in [3.05, 3.63) is 36.5 Å². The Morgan fingerprint density at radius 1 is 1.29 bits per heavy atom. The first-order valence-corrected chi connectivity index (χ1v) is 6.07. The maximum atomic E-state index is 6.03. The van der Waals surface area contributed by atoms with Crippen molar-refractivity contribution in [2.45, 2.75) is 18.9 Å². The van der Waals surface area contributed by atoms with Gasteiger partial charge in [0.2, 0.25) is 0 Å². The summed E-state index contributed by atoms with van der Waals surface area (Å²) in [4.78, 5) is 4.31. The molecule has 3 nitrogen and oxygen atoms in total. The Bertz CT molecular complexity index is 517. The summed E-state index contributed by atoms with van der Waals surface area (Å²) in [6, 6.07) is 10.1. The second kappa shape index (κ2) is 4.34. The van der Waals surface area contributed by atoms with Gasteiger partial charge in [-0.2, -0.15) is 0 Å². The van der Waals surface area contributed by atoms with Crippen molar-refractivity contribution in [1.82, 2.24) is 4.98 Å². The van der Waals surface area contributed by atoms with Gasteiger partial charge in [0.25, 0.3) is 0 Å². The van der Waals surface area contributed by atoms with Crippen LogP contribution >= 0.6 is 0 Å². The van der Waals surface area contributed by atoms with Crippen LogP contribution in [0.3, 0.4) is 0 Å². The molecule has 88 valence electrons. The molecule has 2 N–H and O–H groups in total. The molecule has 1 unspecified atom stereocenters. The Morgan fingerprint density at radius 2 is 2.18 bits per heavy atom. The van der Waals surface area contributed by atoms with Crippen molar-refractivity contribution in [2.75, 3.05) is 6.61 Å². The molecule has 1 aromatic heterocycles. The lowest BCUT2D eigenvalue weighted by Gasteiger charge is -2.13. The van der Waals surface area contributed by atoms with E-state index < -0.39 is 0 Å². The molecule has 1 aliphatic rings. The number of aromatic nitrogens is 1. The molecule has 1 atom stereocenters. The minimum Gasteiger partial charge on any atom is -0.491 e. The van der Waals surface area contributed by atoms with Crippen molar-refractivity contribution < 1.29 is 4.74 Å². The quantitative estimate of drug-likeness (QED) is 0.873. The summed E-state index contributed by atoms with van der Waals surface area (Å²) in [5.41, 5.74) is 6.99. The van der Waals surface area contributed by atoms with Gasteiger partial charge in [0.1, 0.15) is 12.4 Å². The van der Waals surface area contributed by atoms with Crippen LogP contribution < -0.4 is 10.5 Å². The van der Waals surface area contributed by atoms with Crippen LogP contribution in [0.25, 0.3) is 10.9 Å². The standard InChI is InChI=1S/C14H16N2O/c15-12(10-6-7-10)9-17-14-5-1-4-13-11(14)3-2-8-16-13/h1-5,8,10,12H,6-7,9,15H2. The Hall–Kier alpha value is -1.61. The van der Waals surface area contributed by atoms with Crippen LogP contribution in [0.5, 0.6) is 5.75 Å². The molecule has 1 saturated carbocycles. The second-order valence-corrected chi connectivity index (χ2v) is 4.64. The van der Waals surface area contributed by atoms with Gasteiger partial charge < -0.3 is 10.5 Å². The Balaban J connectivity index is 1.79. The van der Waals surface area contributed by atoms with E-state index >= 15 is 0 Å². The normalized spacial score (nSPS) is 17.0. The number of nitrogens with zero attached hydrogens (tertiary/aromatic N) is 1. The SMILES string of the molecule is NC(COc1cccc2ncccc12)C1CC1. The van der Waals surface area contributed by atoms with Crippen molar-refractivity contribution in [3.63, 3.8) is 0 Å². The van der Waals surface area contributed by atoms with Gasteiger partial charge in [-0.05, 0) is 43.0 Å². The molecule has 0 radical (unpaired) electrons. The molecule has 1 aliphatic carbocycles. The van der Waals surface area contributed by atoms with E-state index in [1.165, 1.54) is 12.8 Å². The molecule has 3 heteroatoms. The minimum atomic E-state index is 0.168. The number of hydrogen-bond acceptors (Lipinski definition) is 3. The Morgan fingerprint density at radius 3 is 3.00 bits per heavy atom. The van der Waals surface area contributed by atoms with Crippen LogP contribution in [0, 0.1) is 5.92 Å². The average Bonchev–Trinajstić information content (AvgIpc) is 3.20. The summed E-state index contributed by atoms with van der Waals surface area (Å²) in [6.45, 7) is 0.596. The third kappa shape index (κ3) is 2.24.